The van der Waals surface area contributed by atoms with Crippen LogP contribution in [0.3, 0.4) is 0 Å². The molecule has 0 aliphatic heterocycles. The lowest BCUT2D eigenvalue weighted by Gasteiger charge is -2.16. The third kappa shape index (κ3) is 2.97. The van der Waals surface area contributed by atoms with Gasteiger partial charge < -0.3 is 19.3 Å². The van der Waals surface area contributed by atoms with Crippen molar-refractivity contribution in [2.45, 2.75) is 6.42 Å². The molecule has 4 rings (SSSR count). The minimum atomic E-state index is 0.286. The molecular formula is C24H22O4. The Morgan fingerprint density at radius 2 is 1.39 bits per heavy atom. The Morgan fingerprint density at radius 1 is 0.714 bits per heavy atom. The van der Waals surface area contributed by atoms with Crippen LogP contribution in [0.2, 0.25) is 0 Å². The van der Waals surface area contributed by atoms with Crippen LogP contribution in [0, 0.1) is 0 Å². The van der Waals surface area contributed by atoms with Crippen molar-refractivity contribution >= 4 is 21.5 Å². The van der Waals surface area contributed by atoms with Crippen LogP contribution in [-0.2, 0) is 6.42 Å². The van der Waals surface area contributed by atoms with Crippen LogP contribution in [-0.4, -0.2) is 26.4 Å². The van der Waals surface area contributed by atoms with Gasteiger partial charge in [0.25, 0.3) is 0 Å². The van der Waals surface area contributed by atoms with E-state index in [1.54, 1.807) is 27.4 Å². The van der Waals surface area contributed by atoms with Gasteiger partial charge in [-0.1, -0.05) is 36.4 Å². The Morgan fingerprint density at radius 3 is 2.07 bits per heavy atom. The number of hydrogen-bond acceptors (Lipinski definition) is 4. The highest BCUT2D eigenvalue weighted by Crippen LogP contribution is 2.40. The van der Waals surface area contributed by atoms with Crippen molar-refractivity contribution in [1.82, 2.24) is 0 Å². The molecule has 0 aromatic heterocycles. The largest absolute Gasteiger partial charge is 0.507 e. The van der Waals surface area contributed by atoms with Gasteiger partial charge in [0.05, 0.1) is 21.3 Å². The van der Waals surface area contributed by atoms with Crippen molar-refractivity contribution in [3.8, 4) is 23.0 Å². The predicted octanol–water partition coefficient (Wildman–Crippen LogP) is 5.32. The zero-order chi connectivity index (χ0) is 19.7. The fourth-order valence-electron chi connectivity index (χ4n) is 3.80. The van der Waals surface area contributed by atoms with Gasteiger partial charge in [-0.2, -0.15) is 0 Å². The first-order valence-electron chi connectivity index (χ1n) is 9.07. The Hall–Kier alpha value is -3.40. The molecular weight excluding hydrogens is 352 g/mol. The molecule has 4 heteroatoms. The minimum Gasteiger partial charge on any atom is -0.507 e. The lowest BCUT2D eigenvalue weighted by atomic mass is 9.92. The van der Waals surface area contributed by atoms with Gasteiger partial charge >= 0.3 is 0 Å². The summed E-state index contributed by atoms with van der Waals surface area (Å²) < 4.78 is 16.4. The molecule has 0 fully saturated rings. The Labute approximate surface area is 163 Å². The van der Waals surface area contributed by atoms with Gasteiger partial charge in [0.2, 0.25) is 5.75 Å². The van der Waals surface area contributed by atoms with Crippen LogP contribution >= 0.6 is 0 Å². The van der Waals surface area contributed by atoms with Gasteiger partial charge in [0, 0.05) is 5.39 Å². The summed E-state index contributed by atoms with van der Waals surface area (Å²) in [6, 6.07) is 19.9. The first-order valence-corrected chi connectivity index (χ1v) is 9.07. The van der Waals surface area contributed by atoms with Crippen LogP contribution in [0.15, 0.2) is 60.7 Å². The number of hydrogen-bond donors (Lipinski definition) is 1. The fourth-order valence-corrected chi connectivity index (χ4v) is 3.80. The Bertz CT molecular complexity index is 1140. The molecule has 28 heavy (non-hydrogen) atoms. The van der Waals surface area contributed by atoms with E-state index < -0.39 is 0 Å². The van der Waals surface area contributed by atoms with E-state index in [1.165, 1.54) is 0 Å². The van der Waals surface area contributed by atoms with Crippen molar-refractivity contribution in [2.75, 3.05) is 21.3 Å². The maximum atomic E-state index is 10.4. The number of phenols is 1. The highest BCUT2D eigenvalue weighted by Gasteiger charge is 2.16. The van der Waals surface area contributed by atoms with Gasteiger partial charge in [-0.05, 0) is 58.0 Å². The molecule has 0 amide bonds. The van der Waals surface area contributed by atoms with Crippen molar-refractivity contribution in [3.63, 3.8) is 0 Å². The first-order chi connectivity index (χ1) is 13.7. The van der Waals surface area contributed by atoms with Crippen LogP contribution in [0.25, 0.3) is 21.5 Å². The maximum Gasteiger partial charge on any atom is 0.203 e. The smallest absolute Gasteiger partial charge is 0.203 e. The maximum absolute atomic E-state index is 10.4. The van der Waals surface area contributed by atoms with E-state index in [9.17, 15) is 5.11 Å². The molecule has 0 radical (unpaired) electrons. The lowest BCUT2D eigenvalue weighted by molar-refractivity contribution is 0.324. The zero-order valence-electron chi connectivity index (χ0n) is 16.2. The molecule has 0 spiro atoms. The number of aromatic hydroxyl groups is 1. The highest BCUT2D eigenvalue weighted by molar-refractivity contribution is 6.04. The summed E-state index contributed by atoms with van der Waals surface area (Å²) in [6.07, 6.45) is 0.665. The molecule has 0 aliphatic carbocycles. The van der Waals surface area contributed by atoms with Crippen LogP contribution in [0.1, 0.15) is 11.1 Å². The summed E-state index contributed by atoms with van der Waals surface area (Å²) in [5.74, 6) is 2.12. The average molecular weight is 374 g/mol. The third-order valence-corrected chi connectivity index (χ3v) is 5.10. The second-order valence-electron chi connectivity index (χ2n) is 6.66. The number of phenolic OH excluding ortho intramolecular Hbond substituents is 1. The van der Waals surface area contributed by atoms with E-state index in [0.717, 1.165) is 32.7 Å². The molecule has 0 heterocycles. The summed E-state index contributed by atoms with van der Waals surface area (Å²) in [5, 5.41) is 14.5. The SMILES string of the molecule is COc1cc(Cc2c3ccccc3cc3c(O)cccc23)cc(OC)c1OC. The quantitative estimate of drug-likeness (QED) is 0.481. The molecule has 0 unspecified atom stereocenters. The summed E-state index contributed by atoms with van der Waals surface area (Å²) >= 11 is 0. The van der Waals surface area contributed by atoms with Crippen molar-refractivity contribution < 1.29 is 19.3 Å². The van der Waals surface area contributed by atoms with E-state index in [1.807, 2.05) is 36.4 Å². The number of benzene rings is 4. The average Bonchev–Trinajstić information content (AvgIpc) is 2.73. The predicted molar refractivity (Wildman–Crippen MR) is 112 cm³/mol. The lowest BCUT2D eigenvalue weighted by Crippen LogP contribution is -1.98. The van der Waals surface area contributed by atoms with Gasteiger partial charge in [-0.3, -0.25) is 0 Å². The van der Waals surface area contributed by atoms with Crippen LogP contribution < -0.4 is 14.2 Å². The number of ether oxygens (including phenoxy) is 3. The normalized spacial score (nSPS) is 11.0. The number of methoxy groups -OCH3 is 3. The molecule has 0 aliphatic rings. The minimum absolute atomic E-state index is 0.286. The second-order valence-corrected chi connectivity index (χ2v) is 6.66. The molecule has 0 saturated heterocycles. The van der Waals surface area contributed by atoms with Crippen LogP contribution in [0.4, 0.5) is 0 Å². The van der Waals surface area contributed by atoms with Gasteiger partial charge in [-0.25, -0.2) is 0 Å². The molecule has 4 nitrogen and oxygen atoms in total. The van der Waals surface area contributed by atoms with E-state index in [-0.39, 0.29) is 5.75 Å². The monoisotopic (exact) mass is 374 g/mol. The summed E-state index contributed by atoms with van der Waals surface area (Å²) in [4.78, 5) is 0. The molecule has 0 atom stereocenters. The van der Waals surface area contributed by atoms with E-state index in [0.29, 0.717) is 23.7 Å². The first kappa shape index (κ1) is 18.0. The fraction of sp³-hybridized carbons (Fsp3) is 0.167. The van der Waals surface area contributed by atoms with Gasteiger partial charge in [0.15, 0.2) is 11.5 Å². The molecule has 142 valence electrons. The Balaban J connectivity index is 1.95. The van der Waals surface area contributed by atoms with Crippen molar-refractivity contribution in [1.29, 1.82) is 0 Å². The van der Waals surface area contributed by atoms with Gasteiger partial charge in [-0.15, -0.1) is 0 Å². The zero-order valence-corrected chi connectivity index (χ0v) is 16.2. The third-order valence-electron chi connectivity index (χ3n) is 5.10. The molecule has 4 aromatic carbocycles. The standard InChI is InChI=1S/C24H22O4/c1-26-22-12-15(13-23(27-2)24(22)28-3)11-19-17-8-5-4-7-16(17)14-20-18(19)9-6-10-21(20)25/h4-10,12-14,25H,11H2,1-3H3. The number of fused-ring (bicyclic) bond motifs is 2. The molecule has 1 N–H and O–H groups in total. The summed E-state index contributed by atoms with van der Waals surface area (Å²) in [5.41, 5.74) is 2.19. The molecule has 0 saturated carbocycles. The van der Waals surface area contributed by atoms with Crippen molar-refractivity contribution in [3.05, 3.63) is 71.8 Å². The van der Waals surface area contributed by atoms with E-state index in [4.69, 9.17) is 14.2 Å². The van der Waals surface area contributed by atoms with Crippen molar-refractivity contribution in [2.24, 2.45) is 0 Å². The van der Waals surface area contributed by atoms with Gasteiger partial charge in [0.1, 0.15) is 5.75 Å². The highest BCUT2D eigenvalue weighted by atomic mass is 16.5. The van der Waals surface area contributed by atoms with Crippen LogP contribution in [0.5, 0.6) is 23.0 Å². The molecule has 0 bridgehead atoms. The van der Waals surface area contributed by atoms with E-state index >= 15 is 0 Å². The Kier molecular flexibility index (Phi) is 4.70. The topological polar surface area (TPSA) is 47.9 Å². The van der Waals surface area contributed by atoms with E-state index in [2.05, 4.69) is 18.2 Å². The molecule has 4 aromatic rings. The second kappa shape index (κ2) is 7.31. The number of rotatable bonds is 5. The summed E-state index contributed by atoms with van der Waals surface area (Å²) in [7, 11) is 4.83. The summed E-state index contributed by atoms with van der Waals surface area (Å²) in [6.45, 7) is 0.